The molecule has 31 heavy (non-hydrogen) atoms. The molecule has 0 aliphatic carbocycles. The van der Waals surface area contributed by atoms with Crippen molar-refractivity contribution in [2.45, 2.75) is 23.4 Å². The standard InChI is InChI=1S/C22H24BrNO7/c1-28-16-10-14(11-17(29-2)20(16)30-3)19(25)18(23)21(26)24-15(12-31-22(24)27)9-13-7-5-4-6-8-13/h4-8,10-11,15,18-19,25H,9,12H2,1-3H3/t15-,18-,19-/m0/s1. The SMILES string of the molecule is COc1cc([C@H](O)[C@H](Br)C(=O)N2C(=O)OC[C@@H]2Cc2ccccc2)cc(OC)c1OC. The van der Waals surface area contributed by atoms with Gasteiger partial charge in [0.05, 0.1) is 27.4 Å². The molecule has 0 spiro atoms. The van der Waals surface area contributed by atoms with E-state index >= 15 is 0 Å². The molecule has 1 aliphatic heterocycles. The van der Waals surface area contributed by atoms with Gasteiger partial charge in [0.15, 0.2) is 11.5 Å². The molecule has 8 nitrogen and oxygen atoms in total. The van der Waals surface area contributed by atoms with Gasteiger partial charge in [-0.2, -0.15) is 0 Å². The van der Waals surface area contributed by atoms with E-state index in [1.54, 1.807) is 12.1 Å². The summed E-state index contributed by atoms with van der Waals surface area (Å²) in [5.74, 6) is 0.449. The van der Waals surface area contributed by atoms with E-state index in [4.69, 9.17) is 18.9 Å². The number of hydrogen-bond acceptors (Lipinski definition) is 7. The van der Waals surface area contributed by atoms with Crippen LogP contribution in [0.5, 0.6) is 17.2 Å². The molecule has 0 bridgehead atoms. The maximum Gasteiger partial charge on any atom is 0.417 e. The number of methoxy groups -OCH3 is 3. The van der Waals surface area contributed by atoms with Crippen LogP contribution in [-0.2, 0) is 16.0 Å². The van der Waals surface area contributed by atoms with Crippen LogP contribution in [0.15, 0.2) is 42.5 Å². The van der Waals surface area contributed by atoms with Crippen molar-refractivity contribution in [3.05, 3.63) is 53.6 Å². The average Bonchev–Trinajstić information content (AvgIpc) is 3.16. The van der Waals surface area contributed by atoms with Crippen molar-refractivity contribution in [3.8, 4) is 17.2 Å². The van der Waals surface area contributed by atoms with Gasteiger partial charge in [-0.15, -0.1) is 0 Å². The van der Waals surface area contributed by atoms with Crippen molar-refractivity contribution in [1.82, 2.24) is 4.90 Å². The highest BCUT2D eigenvalue weighted by Gasteiger charge is 2.42. The Hall–Kier alpha value is -2.78. The molecule has 3 rings (SSSR count). The van der Waals surface area contributed by atoms with Crippen molar-refractivity contribution in [2.75, 3.05) is 27.9 Å². The molecule has 2 aromatic carbocycles. The second-order valence-electron chi connectivity index (χ2n) is 6.93. The van der Waals surface area contributed by atoms with Crippen LogP contribution in [0.4, 0.5) is 4.79 Å². The summed E-state index contributed by atoms with van der Waals surface area (Å²) >= 11 is 3.26. The smallest absolute Gasteiger partial charge is 0.417 e. The van der Waals surface area contributed by atoms with Crippen LogP contribution in [0.2, 0.25) is 0 Å². The first kappa shape index (κ1) is 22.9. The summed E-state index contributed by atoms with van der Waals surface area (Å²) in [6, 6.07) is 12.2. The summed E-state index contributed by atoms with van der Waals surface area (Å²) in [5, 5.41) is 10.9. The molecule has 0 aromatic heterocycles. The molecule has 3 atom stereocenters. The van der Waals surface area contributed by atoms with Crippen LogP contribution >= 0.6 is 15.9 Å². The third-order valence-electron chi connectivity index (χ3n) is 5.05. The maximum absolute atomic E-state index is 13.1. The van der Waals surface area contributed by atoms with E-state index < -0.39 is 29.0 Å². The first-order chi connectivity index (χ1) is 14.9. The zero-order valence-corrected chi connectivity index (χ0v) is 19.0. The Morgan fingerprint density at radius 1 is 1.16 bits per heavy atom. The van der Waals surface area contributed by atoms with Gasteiger partial charge in [0.2, 0.25) is 11.7 Å². The molecule has 2 aromatic rings. The first-order valence-corrected chi connectivity index (χ1v) is 10.5. The number of cyclic esters (lactones) is 1. The lowest BCUT2D eigenvalue weighted by molar-refractivity contribution is -0.130. The van der Waals surface area contributed by atoms with Gasteiger partial charge >= 0.3 is 6.09 Å². The minimum absolute atomic E-state index is 0.0967. The van der Waals surface area contributed by atoms with Crippen LogP contribution in [0, 0.1) is 0 Å². The van der Waals surface area contributed by atoms with Crippen LogP contribution in [-0.4, -0.2) is 60.8 Å². The van der Waals surface area contributed by atoms with E-state index in [9.17, 15) is 14.7 Å². The van der Waals surface area contributed by atoms with Crippen LogP contribution in [0.3, 0.4) is 0 Å². The summed E-state index contributed by atoms with van der Waals surface area (Å²) in [6.07, 6.45) is -1.56. The number of hydrogen-bond donors (Lipinski definition) is 1. The normalized spacial score (nSPS) is 17.6. The number of rotatable bonds is 8. The Labute approximate surface area is 188 Å². The molecular weight excluding hydrogens is 470 g/mol. The number of ether oxygens (including phenoxy) is 4. The molecule has 166 valence electrons. The van der Waals surface area contributed by atoms with Crippen LogP contribution in [0.25, 0.3) is 0 Å². The predicted molar refractivity (Wildman–Crippen MR) is 116 cm³/mol. The van der Waals surface area contributed by atoms with E-state index in [0.717, 1.165) is 10.5 Å². The van der Waals surface area contributed by atoms with Crippen molar-refractivity contribution in [3.63, 3.8) is 0 Å². The van der Waals surface area contributed by atoms with Crippen molar-refractivity contribution in [1.29, 1.82) is 0 Å². The predicted octanol–water partition coefficient (Wildman–Crippen LogP) is 3.10. The van der Waals surface area contributed by atoms with Gasteiger partial charge < -0.3 is 24.1 Å². The third-order valence-corrected chi connectivity index (χ3v) is 5.95. The number of aliphatic hydroxyl groups excluding tert-OH is 1. The molecular formula is C22H24BrNO7. The van der Waals surface area contributed by atoms with Gasteiger partial charge in [0.1, 0.15) is 17.5 Å². The quantitative estimate of drug-likeness (QED) is 0.564. The molecule has 1 heterocycles. The zero-order chi connectivity index (χ0) is 22.5. The zero-order valence-electron chi connectivity index (χ0n) is 17.4. The lowest BCUT2D eigenvalue weighted by Crippen LogP contribution is -2.45. The molecule has 1 saturated heterocycles. The highest BCUT2D eigenvalue weighted by Crippen LogP contribution is 2.41. The van der Waals surface area contributed by atoms with Gasteiger partial charge in [-0.1, -0.05) is 46.3 Å². The van der Waals surface area contributed by atoms with Gasteiger partial charge in [-0.05, 0) is 29.7 Å². The number of carbonyl (C=O) groups is 2. The van der Waals surface area contributed by atoms with Crippen molar-refractivity contribution < 1.29 is 33.6 Å². The molecule has 0 unspecified atom stereocenters. The summed E-state index contributed by atoms with van der Waals surface area (Å²) < 4.78 is 21.0. The minimum Gasteiger partial charge on any atom is -0.493 e. The number of carbonyl (C=O) groups excluding carboxylic acids is 2. The number of nitrogens with zero attached hydrogens (tertiary/aromatic N) is 1. The second kappa shape index (κ2) is 10.0. The second-order valence-corrected chi connectivity index (χ2v) is 7.92. The highest BCUT2D eigenvalue weighted by molar-refractivity contribution is 9.10. The van der Waals surface area contributed by atoms with E-state index in [2.05, 4.69) is 15.9 Å². The third kappa shape index (κ3) is 4.77. The number of aliphatic hydroxyl groups is 1. The van der Waals surface area contributed by atoms with E-state index in [0.29, 0.717) is 29.2 Å². The molecule has 0 radical (unpaired) electrons. The van der Waals surface area contributed by atoms with Gasteiger partial charge in [-0.25, -0.2) is 9.69 Å². The fraction of sp³-hybridized carbons (Fsp3) is 0.364. The lowest BCUT2D eigenvalue weighted by atomic mass is 10.0. The Balaban J connectivity index is 1.83. The Morgan fingerprint density at radius 2 is 1.77 bits per heavy atom. The number of alkyl halides is 1. The van der Waals surface area contributed by atoms with E-state index in [1.165, 1.54) is 21.3 Å². The molecule has 0 saturated carbocycles. The monoisotopic (exact) mass is 493 g/mol. The summed E-state index contributed by atoms with van der Waals surface area (Å²) in [5.41, 5.74) is 1.33. The fourth-order valence-electron chi connectivity index (χ4n) is 3.48. The first-order valence-electron chi connectivity index (χ1n) is 9.57. The molecule has 1 fully saturated rings. The van der Waals surface area contributed by atoms with Crippen LogP contribution in [0.1, 0.15) is 17.2 Å². The summed E-state index contributed by atoms with van der Waals surface area (Å²) in [6.45, 7) is 0.0967. The summed E-state index contributed by atoms with van der Waals surface area (Å²) in [7, 11) is 4.39. The number of imide groups is 1. The number of amides is 2. The highest BCUT2D eigenvalue weighted by atomic mass is 79.9. The largest absolute Gasteiger partial charge is 0.493 e. The minimum atomic E-state index is -1.29. The number of benzene rings is 2. The van der Waals surface area contributed by atoms with Gasteiger partial charge in [0.25, 0.3) is 0 Å². The van der Waals surface area contributed by atoms with E-state index in [-0.39, 0.29) is 6.61 Å². The topological polar surface area (TPSA) is 94.5 Å². The molecule has 1 aliphatic rings. The number of halogens is 1. The molecule has 1 N–H and O–H groups in total. The molecule has 2 amide bonds. The lowest BCUT2D eigenvalue weighted by Gasteiger charge is -2.25. The van der Waals surface area contributed by atoms with Gasteiger partial charge in [-0.3, -0.25) is 4.79 Å². The molecule has 9 heteroatoms. The van der Waals surface area contributed by atoms with Crippen LogP contribution < -0.4 is 14.2 Å². The van der Waals surface area contributed by atoms with Gasteiger partial charge in [0, 0.05) is 0 Å². The average molecular weight is 494 g/mol. The summed E-state index contributed by atoms with van der Waals surface area (Å²) in [4.78, 5) is 25.4. The van der Waals surface area contributed by atoms with Crippen molar-refractivity contribution in [2.24, 2.45) is 0 Å². The Bertz CT molecular complexity index is 912. The Kier molecular flexibility index (Phi) is 7.40. The van der Waals surface area contributed by atoms with E-state index in [1.807, 2.05) is 30.3 Å². The fourth-order valence-corrected chi connectivity index (χ4v) is 4.00. The Morgan fingerprint density at radius 3 is 2.32 bits per heavy atom. The van der Waals surface area contributed by atoms with Crippen molar-refractivity contribution >= 4 is 27.9 Å². The maximum atomic E-state index is 13.1.